The third-order valence-electron chi connectivity index (χ3n) is 2.56. The second kappa shape index (κ2) is 3.71. The maximum Gasteiger partial charge on any atom is 0.0890 e. The highest BCUT2D eigenvalue weighted by Crippen LogP contribution is 2.35. The standard InChI is InChI=1S/C13H15P/c1-4-14-8-11(3)13-7-10(2)5-6-12(13)9-14/h4-9H,1-3H3. The first kappa shape index (κ1) is 9.68. The molecule has 0 aliphatic rings. The Morgan fingerprint density at radius 3 is 2.64 bits per heavy atom. The lowest BCUT2D eigenvalue weighted by Crippen LogP contribution is -1.78. The van der Waals surface area contributed by atoms with Crippen LogP contribution >= 0.6 is 7.53 Å². The van der Waals surface area contributed by atoms with Gasteiger partial charge in [-0.05, 0) is 32.3 Å². The van der Waals surface area contributed by atoms with Crippen LogP contribution in [0.3, 0.4) is 0 Å². The second-order valence-corrected chi connectivity index (χ2v) is 5.66. The van der Waals surface area contributed by atoms with Gasteiger partial charge in [-0.3, -0.25) is 0 Å². The fraction of sp³-hybridized carbons (Fsp3) is 0.231. The Morgan fingerprint density at radius 2 is 1.93 bits per heavy atom. The molecule has 1 unspecified atom stereocenters. The molecule has 1 aromatic carbocycles. The SMILES string of the molecule is C[CH-][p+]1cc(C)c2cc(C)ccc2c1. The zero-order valence-electron chi connectivity index (χ0n) is 8.91. The number of benzene rings is 1. The fourth-order valence-electron chi connectivity index (χ4n) is 1.76. The summed E-state index contributed by atoms with van der Waals surface area (Å²) in [4.78, 5) is 0. The van der Waals surface area contributed by atoms with E-state index in [9.17, 15) is 0 Å². The number of hydrogen-bond donors (Lipinski definition) is 0. The predicted molar refractivity (Wildman–Crippen MR) is 65.9 cm³/mol. The van der Waals surface area contributed by atoms with Crippen molar-refractivity contribution in [2.75, 3.05) is 0 Å². The van der Waals surface area contributed by atoms with Gasteiger partial charge in [-0.1, -0.05) is 23.8 Å². The van der Waals surface area contributed by atoms with Crippen LogP contribution in [0.25, 0.3) is 10.8 Å². The summed E-state index contributed by atoms with van der Waals surface area (Å²) in [6.45, 7) is 6.51. The van der Waals surface area contributed by atoms with Crippen LogP contribution in [0.15, 0.2) is 29.8 Å². The van der Waals surface area contributed by atoms with Crippen LogP contribution in [-0.2, 0) is 0 Å². The van der Waals surface area contributed by atoms with Gasteiger partial charge in [0.25, 0.3) is 0 Å². The van der Waals surface area contributed by atoms with E-state index in [1.54, 1.807) is 0 Å². The summed E-state index contributed by atoms with van der Waals surface area (Å²) >= 11 is 0. The van der Waals surface area contributed by atoms with Gasteiger partial charge in [0, 0.05) is 5.39 Å². The summed E-state index contributed by atoms with van der Waals surface area (Å²) in [5, 5.41) is 2.81. The molecule has 0 saturated heterocycles. The van der Waals surface area contributed by atoms with E-state index in [1.165, 1.54) is 21.9 Å². The minimum atomic E-state index is -0.117. The summed E-state index contributed by atoms with van der Waals surface area (Å²) in [5.41, 5.74) is 2.77. The smallest absolute Gasteiger partial charge is 0.0890 e. The maximum absolute atomic E-state index is 2.39. The molecule has 0 nitrogen and oxygen atoms in total. The van der Waals surface area contributed by atoms with Crippen molar-refractivity contribution in [1.29, 1.82) is 0 Å². The number of aryl methyl sites for hydroxylation is 2. The van der Waals surface area contributed by atoms with E-state index in [0.29, 0.717) is 0 Å². The summed E-state index contributed by atoms with van der Waals surface area (Å²) < 4.78 is 0. The van der Waals surface area contributed by atoms with Crippen molar-refractivity contribution in [1.82, 2.24) is 0 Å². The molecule has 72 valence electrons. The Kier molecular flexibility index (Phi) is 2.56. The van der Waals surface area contributed by atoms with Gasteiger partial charge in [-0.2, -0.15) is 6.92 Å². The summed E-state index contributed by atoms with van der Waals surface area (Å²) in [6.07, 6.45) is 2.29. The Labute approximate surface area is 86.7 Å². The Bertz CT molecular complexity index is 472. The van der Waals surface area contributed by atoms with Gasteiger partial charge in [0.1, 0.15) is 0 Å². The lowest BCUT2D eigenvalue weighted by atomic mass is 10.1. The first-order chi connectivity index (χ1) is 6.70. The predicted octanol–water partition coefficient (Wildman–Crippen LogP) is 4.75. The second-order valence-electron chi connectivity index (χ2n) is 3.74. The molecule has 0 saturated carbocycles. The van der Waals surface area contributed by atoms with E-state index < -0.39 is 0 Å². The molecular weight excluding hydrogens is 187 g/mol. The molecule has 2 aromatic rings. The van der Waals surface area contributed by atoms with Crippen LogP contribution in [0.4, 0.5) is 0 Å². The molecule has 0 fully saturated rings. The lowest BCUT2D eigenvalue weighted by Gasteiger charge is -2.03. The molecule has 0 bridgehead atoms. The van der Waals surface area contributed by atoms with Crippen molar-refractivity contribution in [3.63, 3.8) is 0 Å². The van der Waals surface area contributed by atoms with E-state index in [-0.39, 0.29) is 7.53 Å². The highest BCUT2D eigenvalue weighted by molar-refractivity contribution is 7.51. The van der Waals surface area contributed by atoms with E-state index in [2.05, 4.69) is 56.7 Å². The molecule has 2 rings (SSSR count). The van der Waals surface area contributed by atoms with E-state index in [1.807, 2.05) is 0 Å². The summed E-state index contributed by atoms with van der Waals surface area (Å²) in [6, 6.07) is 6.71. The van der Waals surface area contributed by atoms with Crippen molar-refractivity contribution in [3.05, 3.63) is 47.1 Å². The zero-order valence-corrected chi connectivity index (χ0v) is 9.81. The molecule has 0 spiro atoms. The molecular formula is C13H15P. The Balaban J connectivity index is 2.76. The van der Waals surface area contributed by atoms with Crippen molar-refractivity contribution >= 4 is 18.3 Å². The van der Waals surface area contributed by atoms with Gasteiger partial charge < -0.3 is 0 Å². The van der Waals surface area contributed by atoms with Crippen LogP contribution in [0.1, 0.15) is 18.1 Å². The fourth-order valence-corrected chi connectivity index (χ4v) is 3.27. The molecule has 1 heteroatoms. The van der Waals surface area contributed by atoms with Crippen LogP contribution in [0.5, 0.6) is 0 Å². The number of rotatable bonds is 1. The molecule has 14 heavy (non-hydrogen) atoms. The lowest BCUT2D eigenvalue weighted by molar-refractivity contribution is 1.49. The summed E-state index contributed by atoms with van der Waals surface area (Å²) in [7, 11) is -0.117. The Hall–Kier alpha value is -0.870. The summed E-state index contributed by atoms with van der Waals surface area (Å²) in [5.74, 6) is 4.77. The molecule has 0 aliphatic carbocycles. The average Bonchev–Trinajstić information content (AvgIpc) is 2.19. The van der Waals surface area contributed by atoms with E-state index >= 15 is 0 Å². The maximum atomic E-state index is 2.39. The normalized spacial score (nSPS) is 12.1. The largest absolute Gasteiger partial charge is 0.150 e. The van der Waals surface area contributed by atoms with E-state index in [4.69, 9.17) is 0 Å². The number of hydrogen-bond acceptors (Lipinski definition) is 0. The molecule has 1 aromatic heterocycles. The molecule has 0 radical (unpaired) electrons. The van der Waals surface area contributed by atoms with Crippen molar-refractivity contribution in [2.24, 2.45) is 0 Å². The van der Waals surface area contributed by atoms with Crippen molar-refractivity contribution in [2.45, 2.75) is 20.8 Å². The first-order valence-corrected chi connectivity index (χ1v) is 6.47. The molecule has 0 amide bonds. The average molecular weight is 202 g/mol. The minimum Gasteiger partial charge on any atom is -0.150 e. The van der Waals surface area contributed by atoms with Crippen LogP contribution in [0.2, 0.25) is 0 Å². The van der Waals surface area contributed by atoms with E-state index in [0.717, 1.165) is 0 Å². The zero-order chi connectivity index (χ0) is 10.1. The number of fused-ring (bicyclic) bond motifs is 1. The highest BCUT2D eigenvalue weighted by Gasteiger charge is 2.03. The van der Waals surface area contributed by atoms with Crippen LogP contribution in [-0.4, -0.2) is 0 Å². The topological polar surface area (TPSA) is 0 Å². The van der Waals surface area contributed by atoms with Gasteiger partial charge in [-0.25, -0.2) is 0 Å². The van der Waals surface area contributed by atoms with Crippen molar-refractivity contribution in [3.8, 4) is 0 Å². The molecule has 0 aliphatic heterocycles. The quantitative estimate of drug-likeness (QED) is 0.585. The highest BCUT2D eigenvalue weighted by atomic mass is 31.1. The monoisotopic (exact) mass is 202 g/mol. The Morgan fingerprint density at radius 1 is 1.14 bits per heavy atom. The third kappa shape index (κ3) is 1.67. The van der Waals surface area contributed by atoms with Gasteiger partial charge >= 0.3 is 0 Å². The van der Waals surface area contributed by atoms with Gasteiger partial charge in [-0.15, -0.1) is 6.16 Å². The van der Waals surface area contributed by atoms with Crippen molar-refractivity contribution < 1.29 is 0 Å². The van der Waals surface area contributed by atoms with Gasteiger partial charge in [0.15, 0.2) is 0 Å². The van der Waals surface area contributed by atoms with Gasteiger partial charge in [0.05, 0.1) is 11.6 Å². The third-order valence-corrected chi connectivity index (χ3v) is 4.42. The van der Waals surface area contributed by atoms with Crippen LogP contribution < -0.4 is 0 Å². The van der Waals surface area contributed by atoms with Crippen LogP contribution in [0, 0.1) is 20.0 Å². The molecule has 1 atom stereocenters. The minimum absolute atomic E-state index is 0.117. The molecule has 0 N–H and O–H groups in total. The van der Waals surface area contributed by atoms with Gasteiger partial charge in [0.2, 0.25) is 0 Å². The first-order valence-electron chi connectivity index (χ1n) is 4.92. The molecule has 1 heterocycles.